The fraction of sp³-hybridized carbons (Fsp3) is 0.667. The van der Waals surface area contributed by atoms with E-state index in [9.17, 15) is 9.90 Å². The lowest BCUT2D eigenvalue weighted by molar-refractivity contribution is -0.128. The first-order chi connectivity index (χ1) is 5.46. The van der Waals surface area contributed by atoms with Crippen LogP contribution in [0.2, 0.25) is 0 Å². The maximum atomic E-state index is 11.5. The Bertz CT molecular complexity index is 243. The number of hydrogen-bond acceptors (Lipinski definition) is 2. The lowest BCUT2D eigenvalue weighted by atomic mass is 10.2. The lowest BCUT2D eigenvalue weighted by Crippen LogP contribution is -2.39. The second-order valence-electron chi connectivity index (χ2n) is 3.49. The molecule has 0 bridgehead atoms. The summed E-state index contributed by atoms with van der Waals surface area (Å²) in [4.78, 5) is 13.2. The van der Waals surface area contributed by atoms with Gasteiger partial charge in [0, 0.05) is 6.04 Å². The molecule has 0 saturated heterocycles. The van der Waals surface area contributed by atoms with Crippen LogP contribution in [0.1, 0.15) is 27.7 Å². The van der Waals surface area contributed by atoms with Gasteiger partial charge < -0.3 is 10.0 Å². The molecule has 3 nitrogen and oxygen atoms in total. The Morgan fingerprint density at radius 1 is 1.50 bits per heavy atom. The van der Waals surface area contributed by atoms with E-state index in [1.54, 1.807) is 11.8 Å². The summed E-state index contributed by atoms with van der Waals surface area (Å²) < 4.78 is 0. The van der Waals surface area contributed by atoms with E-state index >= 15 is 0 Å². The van der Waals surface area contributed by atoms with E-state index in [-0.39, 0.29) is 23.8 Å². The number of rotatable bonds is 1. The number of carbonyl (C=O) groups excluding carboxylic acids is 1. The van der Waals surface area contributed by atoms with Crippen LogP contribution in [0.5, 0.6) is 0 Å². The third-order valence-electron chi connectivity index (χ3n) is 2.31. The molecule has 1 aliphatic heterocycles. The fourth-order valence-corrected chi connectivity index (χ4v) is 1.61. The van der Waals surface area contributed by atoms with Gasteiger partial charge in [0.05, 0.1) is 11.6 Å². The molecule has 1 amide bonds. The largest absolute Gasteiger partial charge is 0.510 e. The van der Waals surface area contributed by atoms with E-state index in [0.29, 0.717) is 5.57 Å². The number of amides is 1. The Morgan fingerprint density at radius 2 is 2.00 bits per heavy atom. The van der Waals surface area contributed by atoms with Gasteiger partial charge in [0.1, 0.15) is 5.76 Å². The quantitative estimate of drug-likeness (QED) is 0.645. The van der Waals surface area contributed by atoms with Gasteiger partial charge in [-0.3, -0.25) is 4.79 Å². The third kappa shape index (κ3) is 1.09. The molecule has 68 valence electrons. The molecule has 1 rings (SSSR count). The number of aliphatic hydroxyl groups excluding tert-OH is 1. The Balaban J connectivity index is 2.95. The highest BCUT2D eigenvalue weighted by atomic mass is 16.3. The van der Waals surface area contributed by atoms with E-state index in [1.165, 1.54) is 0 Å². The van der Waals surface area contributed by atoms with Crippen LogP contribution >= 0.6 is 0 Å². The molecule has 3 heteroatoms. The van der Waals surface area contributed by atoms with Crippen LogP contribution < -0.4 is 0 Å². The van der Waals surface area contributed by atoms with Crippen molar-refractivity contribution >= 4 is 5.91 Å². The second-order valence-corrected chi connectivity index (χ2v) is 3.49. The van der Waals surface area contributed by atoms with Crippen molar-refractivity contribution in [3.63, 3.8) is 0 Å². The van der Waals surface area contributed by atoms with Crippen LogP contribution in [0.25, 0.3) is 0 Å². The summed E-state index contributed by atoms with van der Waals surface area (Å²) in [6, 6.07) is -0.00963. The monoisotopic (exact) mass is 169 g/mol. The predicted octanol–water partition coefficient (Wildman–Crippen LogP) is 1.46. The summed E-state index contributed by atoms with van der Waals surface area (Å²) in [7, 11) is 0. The second kappa shape index (κ2) is 2.81. The standard InChI is InChI=1S/C9H15NO2/c1-5(2)10-7(4)8(11)6(3)9(10)12/h5,7,11H,1-4H3. The SMILES string of the molecule is CC1=C(O)C(C)N(C(C)C)C1=O. The molecule has 0 aromatic heterocycles. The van der Waals surface area contributed by atoms with E-state index in [0.717, 1.165) is 0 Å². The first-order valence-electron chi connectivity index (χ1n) is 4.19. The molecule has 1 N–H and O–H groups in total. The van der Waals surface area contributed by atoms with Crippen molar-refractivity contribution in [2.75, 3.05) is 0 Å². The van der Waals surface area contributed by atoms with Gasteiger partial charge in [-0.1, -0.05) is 0 Å². The van der Waals surface area contributed by atoms with Gasteiger partial charge in [-0.15, -0.1) is 0 Å². The Morgan fingerprint density at radius 3 is 2.17 bits per heavy atom. The molecule has 0 spiro atoms. The van der Waals surface area contributed by atoms with Crippen molar-refractivity contribution < 1.29 is 9.90 Å². The summed E-state index contributed by atoms with van der Waals surface area (Å²) in [5.74, 6) is 0.170. The molecule has 0 saturated carbocycles. The smallest absolute Gasteiger partial charge is 0.253 e. The highest BCUT2D eigenvalue weighted by molar-refractivity contribution is 5.96. The topological polar surface area (TPSA) is 40.5 Å². The zero-order chi connectivity index (χ0) is 9.46. The third-order valence-corrected chi connectivity index (χ3v) is 2.31. The van der Waals surface area contributed by atoms with Gasteiger partial charge in [0.25, 0.3) is 5.91 Å². The molecule has 1 atom stereocenters. The number of carbonyl (C=O) groups is 1. The van der Waals surface area contributed by atoms with E-state index < -0.39 is 0 Å². The summed E-state index contributed by atoms with van der Waals surface area (Å²) in [6.45, 7) is 7.39. The maximum Gasteiger partial charge on any atom is 0.253 e. The van der Waals surface area contributed by atoms with Crippen molar-refractivity contribution in [3.05, 3.63) is 11.3 Å². The van der Waals surface area contributed by atoms with Crippen molar-refractivity contribution in [2.45, 2.75) is 39.8 Å². The Kier molecular flexibility index (Phi) is 2.13. The van der Waals surface area contributed by atoms with E-state index in [2.05, 4.69) is 0 Å². The molecule has 1 unspecified atom stereocenters. The molecule has 1 heterocycles. The molecule has 0 fully saturated rings. The minimum absolute atomic E-state index is 0.0463. The Labute approximate surface area is 72.7 Å². The van der Waals surface area contributed by atoms with Gasteiger partial charge in [-0.25, -0.2) is 0 Å². The maximum absolute atomic E-state index is 11.5. The zero-order valence-electron chi connectivity index (χ0n) is 7.96. The highest BCUT2D eigenvalue weighted by Crippen LogP contribution is 2.25. The molecular formula is C9H15NO2. The minimum Gasteiger partial charge on any atom is -0.510 e. The average Bonchev–Trinajstić information content (AvgIpc) is 2.16. The van der Waals surface area contributed by atoms with E-state index in [1.807, 2.05) is 20.8 Å². The van der Waals surface area contributed by atoms with Gasteiger partial charge in [0.2, 0.25) is 0 Å². The summed E-state index contributed by atoms with van der Waals surface area (Å²) in [6.07, 6.45) is 0. The molecule has 1 aliphatic rings. The van der Waals surface area contributed by atoms with Gasteiger partial charge in [-0.2, -0.15) is 0 Å². The van der Waals surface area contributed by atoms with Crippen molar-refractivity contribution in [3.8, 4) is 0 Å². The summed E-state index contributed by atoms with van der Waals surface area (Å²) >= 11 is 0. The normalized spacial score (nSPS) is 24.6. The van der Waals surface area contributed by atoms with Crippen molar-refractivity contribution in [2.24, 2.45) is 0 Å². The van der Waals surface area contributed by atoms with Crippen molar-refractivity contribution in [1.82, 2.24) is 4.90 Å². The van der Waals surface area contributed by atoms with Crippen LogP contribution in [0.4, 0.5) is 0 Å². The average molecular weight is 169 g/mol. The molecular weight excluding hydrogens is 154 g/mol. The van der Waals surface area contributed by atoms with E-state index in [4.69, 9.17) is 0 Å². The minimum atomic E-state index is -0.155. The molecule has 0 aromatic rings. The van der Waals surface area contributed by atoms with Crippen molar-refractivity contribution in [1.29, 1.82) is 0 Å². The fourth-order valence-electron chi connectivity index (χ4n) is 1.61. The lowest BCUT2D eigenvalue weighted by Gasteiger charge is -2.26. The zero-order valence-corrected chi connectivity index (χ0v) is 7.96. The predicted molar refractivity (Wildman–Crippen MR) is 46.8 cm³/mol. The van der Waals surface area contributed by atoms with Gasteiger partial charge in [0.15, 0.2) is 0 Å². The van der Waals surface area contributed by atoms with Gasteiger partial charge in [-0.05, 0) is 27.7 Å². The highest BCUT2D eigenvalue weighted by Gasteiger charge is 2.35. The number of nitrogens with zero attached hydrogens (tertiary/aromatic N) is 1. The van der Waals surface area contributed by atoms with Crippen LogP contribution in [0, 0.1) is 0 Å². The Hall–Kier alpha value is -0.990. The van der Waals surface area contributed by atoms with Gasteiger partial charge >= 0.3 is 0 Å². The molecule has 12 heavy (non-hydrogen) atoms. The molecule has 0 radical (unpaired) electrons. The van der Waals surface area contributed by atoms with Crippen LogP contribution in [0.15, 0.2) is 11.3 Å². The first kappa shape index (κ1) is 9.10. The molecule has 0 aliphatic carbocycles. The van der Waals surface area contributed by atoms with Crippen LogP contribution in [0.3, 0.4) is 0 Å². The first-order valence-corrected chi connectivity index (χ1v) is 4.19. The van der Waals surface area contributed by atoms with Crippen LogP contribution in [-0.2, 0) is 4.79 Å². The summed E-state index contributed by atoms with van der Waals surface area (Å²) in [5.41, 5.74) is 0.483. The number of hydrogen-bond donors (Lipinski definition) is 1. The number of aliphatic hydroxyl groups is 1. The summed E-state index contributed by atoms with van der Waals surface area (Å²) in [5, 5.41) is 9.47. The van der Waals surface area contributed by atoms with Crippen LogP contribution in [-0.4, -0.2) is 28.0 Å². The molecule has 0 aromatic carbocycles.